The van der Waals surface area contributed by atoms with Crippen molar-refractivity contribution in [2.24, 2.45) is 5.92 Å². The first-order valence-corrected chi connectivity index (χ1v) is 8.12. The smallest absolute Gasteiger partial charge is 0.292 e. The van der Waals surface area contributed by atoms with E-state index in [9.17, 15) is 4.79 Å². The molecule has 1 atom stereocenters. The first kappa shape index (κ1) is 15.1. The number of para-hydroxylation sites is 1. The van der Waals surface area contributed by atoms with Crippen molar-refractivity contribution in [2.45, 2.75) is 38.6 Å². The Labute approximate surface area is 135 Å². The highest BCUT2D eigenvalue weighted by molar-refractivity contribution is 6.32. The molecular weight excluding hydrogens is 298 g/mol. The summed E-state index contributed by atoms with van der Waals surface area (Å²) >= 11 is 6.23. The molecule has 5 heteroatoms. The summed E-state index contributed by atoms with van der Waals surface area (Å²) in [5.74, 6) is 0.906. The van der Waals surface area contributed by atoms with Gasteiger partial charge in [0.05, 0.1) is 17.6 Å². The Kier molecular flexibility index (Phi) is 4.48. The molecule has 3 rings (SSSR count). The predicted molar refractivity (Wildman–Crippen MR) is 89.9 cm³/mol. The van der Waals surface area contributed by atoms with Crippen LogP contribution in [-0.4, -0.2) is 15.8 Å². The van der Waals surface area contributed by atoms with Gasteiger partial charge in [0.1, 0.15) is 5.02 Å². The SMILES string of the molecule is CC(CCC1CC1)Nc1cnn(-c2ccccc2)c(=O)c1Cl. The number of anilines is 1. The van der Waals surface area contributed by atoms with Crippen LogP contribution in [0.2, 0.25) is 5.02 Å². The van der Waals surface area contributed by atoms with Gasteiger partial charge in [0.25, 0.3) is 5.56 Å². The fraction of sp³-hybridized carbons (Fsp3) is 0.412. The molecule has 0 bridgehead atoms. The van der Waals surface area contributed by atoms with E-state index in [0.29, 0.717) is 11.4 Å². The van der Waals surface area contributed by atoms with Gasteiger partial charge in [-0.15, -0.1) is 0 Å². The molecule has 1 aliphatic rings. The van der Waals surface area contributed by atoms with Crippen LogP contribution < -0.4 is 10.9 Å². The molecule has 1 saturated carbocycles. The van der Waals surface area contributed by atoms with Crippen molar-refractivity contribution in [3.05, 3.63) is 51.9 Å². The molecule has 1 N–H and O–H groups in total. The molecule has 1 unspecified atom stereocenters. The summed E-state index contributed by atoms with van der Waals surface area (Å²) in [6, 6.07) is 9.57. The molecule has 116 valence electrons. The monoisotopic (exact) mass is 317 g/mol. The van der Waals surface area contributed by atoms with Crippen LogP contribution in [0.15, 0.2) is 41.3 Å². The third-order valence-corrected chi connectivity index (χ3v) is 4.39. The van der Waals surface area contributed by atoms with Crippen LogP contribution in [0, 0.1) is 5.92 Å². The van der Waals surface area contributed by atoms with Gasteiger partial charge in [-0.25, -0.2) is 0 Å². The van der Waals surface area contributed by atoms with Gasteiger partial charge in [-0.3, -0.25) is 4.79 Å². The van der Waals surface area contributed by atoms with E-state index in [2.05, 4.69) is 17.3 Å². The van der Waals surface area contributed by atoms with Crippen molar-refractivity contribution >= 4 is 17.3 Å². The Morgan fingerprint density at radius 2 is 2.09 bits per heavy atom. The van der Waals surface area contributed by atoms with Gasteiger partial charge in [0, 0.05) is 6.04 Å². The van der Waals surface area contributed by atoms with Crippen LogP contribution in [0.4, 0.5) is 5.69 Å². The Morgan fingerprint density at radius 3 is 2.77 bits per heavy atom. The fourth-order valence-electron chi connectivity index (χ4n) is 2.52. The average molecular weight is 318 g/mol. The average Bonchev–Trinajstić information content (AvgIpc) is 3.35. The minimum absolute atomic E-state index is 0.192. The van der Waals surface area contributed by atoms with E-state index in [1.165, 1.54) is 23.9 Å². The Bertz CT molecular complexity index is 695. The van der Waals surface area contributed by atoms with Crippen molar-refractivity contribution in [1.29, 1.82) is 0 Å². The van der Waals surface area contributed by atoms with Gasteiger partial charge >= 0.3 is 0 Å². The summed E-state index contributed by atoms with van der Waals surface area (Å²) in [6.07, 6.45) is 6.68. The lowest BCUT2D eigenvalue weighted by atomic mass is 10.1. The van der Waals surface area contributed by atoms with E-state index in [4.69, 9.17) is 11.6 Å². The fourth-order valence-corrected chi connectivity index (χ4v) is 2.70. The highest BCUT2D eigenvalue weighted by Crippen LogP contribution is 2.34. The standard InChI is InChI=1S/C17H20ClN3O/c1-12(7-8-13-9-10-13)20-15-11-19-21(17(22)16(15)18)14-5-3-2-4-6-14/h2-6,11-13,20H,7-10H2,1H3. The molecule has 0 amide bonds. The minimum Gasteiger partial charge on any atom is -0.380 e. The molecule has 0 spiro atoms. The lowest BCUT2D eigenvalue weighted by Gasteiger charge is -2.16. The summed E-state index contributed by atoms with van der Waals surface area (Å²) in [6.45, 7) is 2.11. The zero-order valence-electron chi connectivity index (χ0n) is 12.6. The number of halogens is 1. The number of nitrogens with zero attached hydrogens (tertiary/aromatic N) is 2. The Balaban J connectivity index is 1.76. The number of nitrogens with one attached hydrogen (secondary N) is 1. The highest BCUT2D eigenvalue weighted by atomic mass is 35.5. The molecular formula is C17H20ClN3O. The van der Waals surface area contributed by atoms with Crippen LogP contribution in [0.25, 0.3) is 5.69 Å². The quantitative estimate of drug-likeness (QED) is 0.879. The van der Waals surface area contributed by atoms with Crippen LogP contribution >= 0.6 is 11.6 Å². The van der Waals surface area contributed by atoms with Crippen molar-refractivity contribution < 1.29 is 0 Å². The van der Waals surface area contributed by atoms with E-state index in [1.807, 2.05) is 30.3 Å². The number of benzene rings is 1. The van der Waals surface area contributed by atoms with Crippen molar-refractivity contribution in [3.8, 4) is 5.69 Å². The van der Waals surface area contributed by atoms with E-state index < -0.39 is 0 Å². The lowest BCUT2D eigenvalue weighted by Crippen LogP contribution is -2.24. The Morgan fingerprint density at radius 1 is 1.36 bits per heavy atom. The van der Waals surface area contributed by atoms with Gasteiger partial charge < -0.3 is 5.32 Å². The van der Waals surface area contributed by atoms with Crippen molar-refractivity contribution in [1.82, 2.24) is 9.78 Å². The minimum atomic E-state index is -0.299. The molecule has 0 aliphatic heterocycles. The zero-order chi connectivity index (χ0) is 15.5. The molecule has 0 radical (unpaired) electrons. The van der Waals surface area contributed by atoms with Crippen LogP contribution in [0.3, 0.4) is 0 Å². The van der Waals surface area contributed by atoms with E-state index in [-0.39, 0.29) is 16.6 Å². The molecule has 1 heterocycles. The van der Waals surface area contributed by atoms with Crippen molar-refractivity contribution in [3.63, 3.8) is 0 Å². The summed E-state index contributed by atoms with van der Waals surface area (Å²) in [5, 5.41) is 7.72. The number of aromatic nitrogens is 2. The molecule has 4 nitrogen and oxygen atoms in total. The third kappa shape index (κ3) is 3.50. The molecule has 1 fully saturated rings. The number of hydrogen-bond donors (Lipinski definition) is 1. The topological polar surface area (TPSA) is 46.9 Å². The van der Waals surface area contributed by atoms with Gasteiger partial charge in [0.15, 0.2) is 0 Å². The number of rotatable bonds is 6. The van der Waals surface area contributed by atoms with E-state index in [1.54, 1.807) is 6.20 Å². The predicted octanol–water partition coefficient (Wildman–Crippen LogP) is 3.88. The molecule has 1 aromatic heterocycles. The van der Waals surface area contributed by atoms with E-state index in [0.717, 1.165) is 12.3 Å². The number of hydrogen-bond acceptors (Lipinski definition) is 3. The molecule has 2 aromatic rings. The maximum absolute atomic E-state index is 12.4. The van der Waals surface area contributed by atoms with Gasteiger partial charge in [-0.2, -0.15) is 9.78 Å². The second-order valence-electron chi connectivity index (χ2n) is 5.99. The largest absolute Gasteiger partial charge is 0.380 e. The molecule has 1 aliphatic carbocycles. The first-order chi connectivity index (χ1) is 10.6. The molecule has 0 saturated heterocycles. The van der Waals surface area contributed by atoms with Crippen LogP contribution in [0.1, 0.15) is 32.6 Å². The zero-order valence-corrected chi connectivity index (χ0v) is 13.4. The summed E-state index contributed by atoms with van der Waals surface area (Å²) in [7, 11) is 0. The third-order valence-electron chi connectivity index (χ3n) is 4.03. The second-order valence-corrected chi connectivity index (χ2v) is 6.37. The second kappa shape index (κ2) is 6.53. The van der Waals surface area contributed by atoms with Crippen LogP contribution in [0.5, 0.6) is 0 Å². The maximum atomic E-state index is 12.4. The maximum Gasteiger partial charge on any atom is 0.292 e. The van der Waals surface area contributed by atoms with Gasteiger partial charge in [0.2, 0.25) is 0 Å². The van der Waals surface area contributed by atoms with E-state index >= 15 is 0 Å². The Hall–Kier alpha value is -1.81. The molecule has 22 heavy (non-hydrogen) atoms. The van der Waals surface area contributed by atoms with Gasteiger partial charge in [-0.1, -0.05) is 42.6 Å². The summed E-state index contributed by atoms with van der Waals surface area (Å²) < 4.78 is 1.32. The summed E-state index contributed by atoms with van der Waals surface area (Å²) in [4.78, 5) is 12.4. The lowest BCUT2D eigenvalue weighted by molar-refractivity contribution is 0.609. The molecule has 1 aromatic carbocycles. The van der Waals surface area contributed by atoms with Crippen LogP contribution in [-0.2, 0) is 0 Å². The highest BCUT2D eigenvalue weighted by Gasteiger charge is 2.21. The van der Waals surface area contributed by atoms with Gasteiger partial charge in [-0.05, 0) is 37.8 Å². The first-order valence-electron chi connectivity index (χ1n) is 7.75. The normalized spacial score (nSPS) is 15.5. The van der Waals surface area contributed by atoms with Crippen molar-refractivity contribution in [2.75, 3.05) is 5.32 Å². The summed E-state index contributed by atoms with van der Waals surface area (Å²) in [5.41, 5.74) is 1.03.